The predicted octanol–water partition coefficient (Wildman–Crippen LogP) is 2.99. The normalized spacial score (nSPS) is 26.7. The van der Waals surface area contributed by atoms with E-state index in [1.54, 1.807) is 11.3 Å². The summed E-state index contributed by atoms with van der Waals surface area (Å²) in [5, 5.41) is 8.81. The van der Waals surface area contributed by atoms with E-state index in [4.69, 9.17) is 9.52 Å². The van der Waals surface area contributed by atoms with Crippen molar-refractivity contribution in [3.63, 3.8) is 0 Å². The molecule has 122 valence electrons. The third-order valence-corrected chi connectivity index (χ3v) is 7.15. The molecule has 1 saturated heterocycles. The highest BCUT2D eigenvalue weighted by Crippen LogP contribution is 2.38. The Kier molecular flexibility index (Phi) is 3.57. The number of aryl methyl sites for hydroxylation is 1. The fourth-order valence-electron chi connectivity index (χ4n) is 3.30. The predicted molar refractivity (Wildman–Crippen MR) is 90.6 cm³/mol. The van der Waals surface area contributed by atoms with Gasteiger partial charge in [0.05, 0.1) is 23.6 Å². The molecule has 1 fully saturated rings. The fourth-order valence-corrected chi connectivity index (χ4v) is 5.82. The van der Waals surface area contributed by atoms with Crippen LogP contribution in [0.15, 0.2) is 39.2 Å². The Morgan fingerprint density at radius 1 is 1.35 bits per heavy atom. The molecule has 0 aromatic carbocycles. The van der Waals surface area contributed by atoms with Gasteiger partial charge in [0.25, 0.3) is 0 Å². The number of nitrogens with zero attached hydrogens (tertiary/aromatic N) is 2. The van der Waals surface area contributed by atoms with Crippen LogP contribution in [0.5, 0.6) is 0 Å². The molecular weight excluding hydrogens is 332 g/mol. The zero-order valence-corrected chi connectivity index (χ0v) is 14.4. The molecule has 2 aromatic heterocycles. The zero-order valence-electron chi connectivity index (χ0n) is 12.8. The maximum absolute atomic E-state index is 11.9. The van der Waals surface area contributed by atoms with Crippen molar-refractivity contribution in [3.05, 3.63) is 46.0 Å². The Labute approximate surface area is 139 Å². The Morgan fingerprint density at radius 3 is 2.83 bits per heavy atom. The molecule has 0 aliphatic carbocycles. The van der Waals surface area contributed by atoms with Gasteiger partial charge in [0.15, 0.2) is 9.84 Å². The summed E-state index contributed by atoms with van der Waals surface area (Å²) in [7, 11) is -2.93. The van der Waals surface area contributed by atoms with Crippen molar-refractivity contribution in [2.45, 2.75) is 31.8 Å². The summed E-state index contributed by atoms with van der Waals surface area (Å²) in [5.74, 6) is 2.10. The first-order chi connectivity index (χ1) is 11.0. The zero-order chi connectivity index (χ0) is 16.0. The molecule has 0 N–H and O–H groups in total. The standard InChI is InChI=1S/C16H18N2O3S2/c1-11-4-5-15(21-11)13-9-14(16-3-2-7-22-16)18(17-13)12-6-8-23(19,20)10-12/h2-5,7,12,14H,6,8-10H2,1H3/t12-,14+/m1/s1. The second-order valence-corrected chi connectivity index (χ2v) is 9.34. The number of thiophene rings is 1. The molecule has 0 spiro atoms. The summed E-state index contributed by atoms with van der Waals surface area (Å²) in [4.78, 5) is 1.22. The SMILES string of the molecule is Cc1ccc(C2=NN([C@@H]3CCS(=O)(=O)C3)[C@H](c3cccs3)C2)o1. The first-order valence-electron chi connectivity index (χ1n) is 7.68. The molecule has 4 heterocycles. The topological polar surface area (TPSA) is 62.9 Å². The van der Waals surface area contributed by atoms with Crippen LogP contribution < -0.4 is 0 Å². The molecule has 0 radical (unpaired) electrons. The van der Waals surface area contributed by atoms with E-state index in [0.29, 0.717) is 6.42 Å². The van der Waals surface area contributed by atoms with Gasteiger partial charge in [-0.15, -0.1) is 11.3 Å². The maximum Gasteiger partial charge on any atom is 0.152 e. The van der Waals surface area contributed by atoms with Crippen molar-refractivity contribution in [3.8, 4) is 0 Å². The van der Waals surface area contributed by atoms with Crippen molar-refractivity contribution >= 4 is 26.9 Å². The molecular formula is C16H18N2O3S2. The number of rotatable bonds is 3. The summed E-state index contributed by atoms with van der Waals surface area (Å²) in [6, 6.07) is 8.06. The highest BCUT2D eigenvalue weighted by molar-refractivity contribution is 7.91. The highest BCUT2D eigenvalue weighted by atomic mass is 32.2. The van der Waals surface area contributed by atoms with E-state index < -0.39 is 9.84 Å². The van der Waals surface area contributed by atoms with E-state index in [-0.39, 0.29) is 23.6 Å². The molecule has 0 amide bonds. The molecule has 5 nitrogen and oxygen atoms in total. The molecule has 0 unspecified atom stereocenters. The Bertz CT molecular complexity index is 837. The largest absolute Gasteiger partial charge is 0.460 e. The van der Waals surface area contributed by atoms with Gasteiger partial charge in [-0.1, -0.05) is 6.07 Å². The minimum atomic E-state index is -2.93. The fraction of sp³-hybridized carbons (Fsp3) is 0.438. The van der Waals surface area contributed by atoms with Crippen LogP contribution in [-0.2, 0) is 9.84 Å². The summed E-state index contributed by atoms with van der Waals surface area (Å²) in [5.41, 5.74) is 0.904. The lowest BCUT2D eigenvalue weighted by atomic mass is 10.1. The van der Waals surface area contributed by atoms with Crippen LogP contribution in [0.25, 0.3) is 0 Å². The van der Waals surface area contributed by atoms with Crippen molar-refractivity contribution in [2.75, 3.05) is 11.5 Å². The van der Waals surface area contributed by atoms with Gasteiger partial charge in [0.2, 0.25) is 0 Å². The minimum absolute atomic E-state index is 0.0411. The lowest BCUT2D eigenvalue weighted by molar-refractivity contribution is 0.178. The monoisotopic (exact) mass is 350 g/mol. The number of sulfone groups is 1. The average Bonchev–Trinajstić information content (AvgIpc) is 3.22. The van der Waals surface area contributed by atoms with E-state index in [1.165, 1.54) is 4.88 Å². The first kappa shape index (κ1) is 15.0. The van der Waals surface area contributed by atoms with Crippen LogP contribution in [0.4, 0.5) is 0 Å². The van der Waals surface area contributed by atoms with E-state index in [1.807, 2.05) is 35.5 Å². The van der Waals surface area contributed by atoms with Crippen molar-refractivity contribution < 1.29 is 12.8 Å². The molecule has 0 saturated carbocycles. The van der Waals surface area contributed by atoms with E-state index in [9.17, 15) is 8.42 Å². The van der Waals surface area contributed by atoms with Crippen LogP contribution in [-0.4, -0.2) is 36.7 Å². The quantitative estimate of drug-likeness (QED) is 0.854. The third-order valence-electron chi connectivity index (χ3n) is 4.42. The second-order valence-electron chi connectivity index (χ2n) is 6.13. The molecule has 23 heavy (non-hydrogen) atoms. The molecule has 2 aliphatic heterocycles. The van der Waals surface area contributed by atoms with Crippen LogP contribution in [0.3, 0.4) is 0 Å². The molecule has 2 atom stereocenters. The number of hydrogen-bond donors (Lipinski definition) is 0. The van der Waals surface area contributed by atoms with Crippen LogP contribution in [0.2, 0.25) is 0 Å². The molecule has 2 aliphatic rings. The Balaban J connectivity index is 1.68. The molecule has 2 aromatic rings. The number of hydrazone groups is 1. The summed E-state index contributed by atoms with van der Waals surface area (Å²) in [6.07, 6.45) is 1.40. The van der Waals surface area contributed by atoms with Gasteiger partial charge in [-0.25, -0.2) is 8.42 Å². The summed E-state index contributed by atoms with van der Waals surface area (Å²) >= 11 is 1.69. The summed E-state index contributed by atoms with van der Waals surface area (Å²) < 4.78 is 29.4. The lowest BCUT2D eigenvalue weighted by Gasteiger charge is -2.27. The van der Waals surface area contributed by atoms with Gasteiger partial charge < -0.3 is 4.42 Å². The van der Waals surface area contributed by atoms with Gasteiger partial charge in [0, 0.05) is 11.3 Å². The molecule has 7 heteroatoms. The van der Waals surface area contributed by atoms with Crippen molar-refractivity contribution in [1.29, 1.82) is 0 Å². The summed E-state index contributed by atoms with van der Waals surface area (Å²) in [6.45, 7) is 1.91. The smallest absolute Gasteiger partial charge is 0.152 e. The van der Waals surface area contributed by atoms with Gasteiger partial charge in [0.1, 0.15) is 17.2 Å². The van der Waals surface area contributed by atoms with E-state index in [0.717, 1.165) is 23.7 Å². The van der Waals surface area contributed by atoms with Gasteiger partial charge in [-0.2, -0.15) is 5.10 Å². The number of furan rings is 1. The molecule has 4 rings (SSSR count). The van der Waals surface area contributed by atoms with E-state index >= 15 is 0 Å². The third kappa shape index (κ3) is 2.83. The van der Waals surface area contributed by atoms with Crippen LogP contribution in [0.1, 0.15) is 35.3 Å². The van der Waals surface area contributed by atoms with Crippen LogP contribution >= 0.6 is 11.3 Å². The van der Waals surface area contributed by atoms with Crippen LogP contribution in [0, 0.1) is 6.92 Å². The van der Waals surface area contributed by atoms with Gasteiger partial charge >= 0.3 is 0 Å². The Hall–Kier alpha value is -1.60. The van der Waals surface area contributed by atoms with Gasteiger partial charge in [-0.3, -0.25) is 5.01 Å². The Morgan fingerprint density at radius 2 is 2.22 bits per heavy atom. The average molecular weight is 350 g/mol. The highest BCUT2D eigenvalue weighted by Gasteiger charge is 2.40. The lowest BCUT2D eigenvalue weighted by Crippen LogP contribution is -2.32. The van der Waals surface area contributed by atoms with Crippen molar-refractivity contribution in [2.24, 2.45) is 5.10 Å². The van der Waals surface area contributed by atoms with Crippen molar-refractivity contribution in [1.82, 2.24) is 5.01 Å². The van der Waals surface area contributed by atoms with E-state index in [2.05, 4.69) is 6.07 Å². The second kappa shape index (κ2) is 5.49. The molecule has 0 bridgehead atoms. The minimum Gasteiger partial charge on any atom is -0.460 e. The first-order valence-corrected chi connectivity index (χ1v) is 10.4. The van der Waals surface area contributed by atoms with Gasteiger partial charge in [-0.05, 0) is 36.9 Å². The maximum atomic E-state index is 11.9. The number of hydrogen-bond acceptors (Lipinski definition) is 6.